The number of carboxylic acids is 1. The molecule has 0 bridgehead atoms. The van der Waals surface area contributed by atoms with E-state index in [-0.39, 0.29) is 17.2 Å². The second-order valence-electron chi connectivity index (χ2n) is 8.86. The Hall–Kier alpha value is -3.09. The van der Waals surface area contributed by atoms with E-state index >= 15 is 0 Å². The van der Waals surface area contributed by atoms with Crippen LogP contribution in [0.1, 0.15) is 49.7 Å². The first-order valence-electron chi connectivity index (χ1n) is 10.0. The zero-order valence-electron chi connectivity index (χ0n) is 18.2. The van der Waals surface area contributed by atoms with Crippen LogP contribution in [0.4, 0.5) is 10.5 Å². The molecule has 1 aliphatic carbocycles. The number of carboxylic acid groups (broad SMARTS) is 1. The van der Waals surface area contributed by atoms with Gasteiger partial charge in [0.2, 0.25) is 0 Å². The smallest absolute Gasteiger partial charge is 0.410 e. The number of carbonyl (C=O) groups excluding carboxylic acids is 1. The number of carbonyl (C=O) groups is 2. The molecular formula is C23H29N3O4. The van der Waals surface area contributed by atoms with Crippen molar-refractivity contribution < 1.29 is 19.4 Å². The van der Waals surface area contributed by atoms with Crippen molar-refractivity contribution in [3.63, 3.8) is 0 Å². The molecule has 0 aliphatic heterocycles. The first-order valence-corrected chi connectivity index (χ1v) is 10.0. The molecule has 1 aromatic carbocycles. The van der Waals surface area contributed by atoms with Crippen LogP contribution in [0.15, 0.2) is 36.5 Å². The summed E-state index contributed by atoms with van der Waals surface area (Å²) in [6.45, 7) is 8.10. The number of anilines is 1. The Kier molecular flexibility index (Phi) is 5.74. The maximum atomic E-state index is 12.4. The van der Waals surface area contributed by atoms with Crippen molar-refractivity contribution in [2.75, 3.05) is 18.9 Å². The first-order chi connectivity index (χ1) is 14.0. The zero-order chi connectivity index (χ0) is 22.1. The summed E-state index contributed by atoms with van der Waals surface area (Å²) < 4.78 is 5.50. The predicted octanol–water partition coefficient (Wildman–Crippen LogP) is 4.57. The molecule has 7 heteroatoms. The van der Waals surface area contributed by atoms with Crippen LogP contribution in [-0.2, 0) is 4.74 Å². The van der Waals surface area contributed by atoms with Crippen LogP contribution in [-0.4, -0.2) is 51.8 Å². The average molecular weight is 412 g/mol. The standard InChI is InChI=1S/C23H29N3O4/c1-15-19(16-6-8-17(9-7-16)20(27)28)12-18(13-24-15)25-14-23(10-11-23)26(5)21(29)30-22(2,3)4/h6-9,12-13,25H,10-11,14H2,1-5H3,(H,27,28). The Morgan fingerprint density at radius 2 is 1.87 bits per heavy atom. The second-order valence-corrected chi connectivity index (χ2v) is 8.86. The molecule has 0 saturated heterocycles. The van der Waals surface area contributed by atoms with Gasteiger partial charge in [-0.2, -0.15) is 0 Å². The number of benzene rings is 1. The summed E-state index contributed by atoms with van der Waals surface area (Å²) in [5.41, 5.74) is 3.01. The van der Waals surface area contributed by atoms with E-state index in [4.69, 9.17) is 9.84 Å². The molecule has 2 aromatic rings. The van der Waals surface area contributed by atoms with Gasteiger partial charge in [-0.25, -0.2) is 9.59 Å². The van der Waals surface area contributed by atoms with Crippen LogP contribution in [0.3, 0.4) is 0 Å². The first kappa shape index (κ1) is 21.6. The van der Waals surface area contributed by atoms with E-state index in [1.165, 1.54) is 0 Å². The molecule has 1 amide bonds. The lowest BCUT2D eigenvalue weighted by atomic mass is 10.0. The van der Waals surface area contributed by atoms with E-state index in [1.54, 1.807) is 42.4 Å². The van der Waals surface area contributed by atoms with E-state index in [0.29, 0.717) is 6.54 Å². The molecule has 1 heterocycles. The maximum absolute atomic E-state index is 12.4. The second kappa shape index (κ2) is 7.97. The summed E-state index contributed by atoms with van der Waals surface area (Å²) in [4.78, 5) is 29.7. The third-order valence-electron chi connectivity index (χ3n) is 5.36. The molecule has 160 valence electrons. The lowest BCUT2D eigenvalue weighted by Gasteiger charge is -2.31. The fraction of sp³-hybridized carbons (Fsp3) is 0.435. The molecule has 0 atom stereocenters. The molecule has 2 N–H and O–H groups in total. The number of hydrogen-bond acceptors (Lipinski definition) is 5. The number of amides is 1. The van der Waals surface area contributed by atoms with Gasteiger partial charge in [-0.1, -0.05) is 12.1 Å². The minimum Gasteiger partial charge on any atom is -0.478 e. The van der Waals surface area contributed by atoms with Crippen molar-refractivity contribution in [3.05, 3.63) is 47.8 Å². The lowest BCUT2D eigenvalue weighted by molar-refractivity contribution is 0.0206. The molecular weight excluding hydrogens is 382 g/mol. The molecule has 1 saturated carbocycles. The van der Waals surface area contributed by atoms with Gasteiger partial charge in [0.1, 0.15) is 5.60 Å². The summed E-state index contributed by atoms with van der Waals surface area (Å²) in [7, 11) is 1.78. The molecule has 3 rings (SSSR count). The largest absolute Gasteiger partial charge is 0.478 e. The summed E-state index contributed by atoms with van der Waals surface area (Å²) in [5.74, 6) is -0.948. The van der Waals surface area contributed by atoms with Crippen molar-refractivity contribution in [2.45, 2.75) is 51.7 Å². The summed E-state index contributed by atoms with van der Waals surface area (Å²) in [6.07, 6.45) is 3.29. The Morgan fingerprint density at radius 3 is 2.40 bits per heavy atom. The van der Waals surface area contributed by atoms with Crippen LogP contribution in [0, 0.1) is 6.92 Å². The summed E-state index contributed by atoms with van der Waals surface area (Å²) >= 11 is 0. The van der Waals surface area contributed by atoms with Gasteiger partial charge in [0.05, 0.1) is 23.0 Å². The van der Waals surface area contributed by atoms with Gasteiger partial charge >= 0.3 is 12.1 Å². The Labute approximate surface area is 177 Å². The summed E-state index contributed by atoms with van der Waals surface area (Å²) in [5, 5.41) is 12.5. The molecule has 1 aliphatic rings. The van der Waals surface area contributed by atoms with Crippen molar-refractivity contribution in [3.8, 4) is 11.1 Å². The maximum Gasteiger partial charge on any atom is 0.410 e. The number of likely N-dealkylation sites (N-methyl/N-ethyl adjacent to an activating group) is 1. The van der Waals surface area contributed by atoms with E-state index in [2.05, 4.69) is 10.3 Å². The number of aromatic carboxylic acids is 1. The van der Waals surface area contributed by atoms with Crippen molar-refractivity contribution in [1.82, 2.24) is 9.88 Å². The van der Waals surface area contributed by atoms with Crippen molar-refractivity contribution in [2.24, 2.45) is 0 Å². The number of aromatic nitrogens is 1. The van der Waals surface area contributed by atoms with E-state index in [9.17, 15) is 9.59 Å². The zero-order valence-corrected chi connectivity index (χ0v) is 18.2. The normalized spacial score (nSPS) is 14.7. The van der Waals surface area contributed by atoms with Gasteiger partial charge in [-0.3, -0.25) is 4.98 Å². The molecule has 0 radical (unpaired) electrons. The van der Waals surface area contributed by atoms with Gasteiger partial charge < -0.3 is 20.1 Å². The molecule has 1 aromatic heterocycles. The van der Waals surface area contributed by atoms with E-state index in [0.717, 1.165) is 35.3 Å². The SMILES string of the molecule is Cc1ncc(NCC2(N(C)C(=O)OC(C)(C)C)CC2)cc1-c1ccc(C(=O)O)cc1. The van der Waals surface area contributed by atoms with Crippen LogP contribution >= 0.6 is 0 Å². The number of aryl methyl sites for hydroxylation is 1. The lowest BCUT2D eigenvalue weighted by Crippen LogP contribution is -2.45. The number of rotatable bonds is 6. The Balaban J connectivity index is 1.71. The van der Waals surface area contributed by atoms with Crippen LogP contribution in [0.2, 0.25) is 0 Å². The monoisotopic (exact) mass is 411 g/mol. The number of nitrogens with one attached hydrogen (secondary N) is 1. The van der Waals surface area contributed by atoms with Gasteiger partial charge in [0.15, 0.2) is 0 Å². The van der Waals surface area contributed by atoms with Gasteiger partial charge in [-0.15, -0.1) is 0 Å². The number of hydrogen-bond donors (Lipinski definition) is 2. The molecule has 0 unspecified atom stereocenters. The minimum atomic E-state index is -0.948. The van der Waals surface area contributed by atoms with E-state index in [1.807, 2.05) is 33.8 Å². The molecule has 1 fully saturated rings. The highest BCUT2D eigenvalue weighted by molar-refractivity contribution is 5.88. The third-order valence-corrected chi connectivity index (χ3v) is 5.36. The van der Waals surface area contributed by atoms with Crippen LogP contribution in [0.5, 0.6) is 0 Å². The fourth-order valence-corrected chi connectivity index (χ4v) is 3.28. The highest BCUT2D eigenvalue weighted by Gasteiger charge is 2.49. The number of nitrogens with zero attached hydrogens (tertiary/aromatic N) is 2. The van der Waals surface area contributed by atoms with Crippen LogP contribution < -0.4 is 5.32 Å². The number of ether oxygens (including phenoxy) is 1. The van der Waals surface area contributed by atoms with Crippen molar-refractivity contribution in [1.29, 1.82) is 0 Å². The Morgan fingerprint density at radius 1 is 1.23 bits per heavy atom. The van der Waals surface area contributed by atoms with E-state index < -0.39 is 11.6 Å². The highest BCUT2D eigenvalue weighted by atomic mass is 16.6. The van der Waals surface area contributed by atoms with Crippen LogP contribution in [0.25, 0.3) is 11.1 Å². The topological polar surface area (TPSA) is 91.8 Å². The van der Waals surface area contributed by atoms with Gasteiger partial charge in [-0.05, 0) is 64.3 Å². The molecule has 7 nitrogen and oxygen atoms in total. The highest BCUT2D eigenvalue weighted by Crippen LogP contribution is 2.41. The predicted molar refractivity (Wildman–Crippen MR) is 116 cm³/mol. The third kappa shape index (κ3) is 4.90. The molecule has 0 spiro atoms. The van der Waals surface area contributed by atoms with Gasteiger partial charge in [0.25, 0.3) is 0 Å². The fourth-order valence-electron chi connectivity index (χ4n) is 3.28. The average Bonchev–Trinajstić information content (AvgIpc) is 3.46. The quantitative estimate of drug-likeness (QED) is 0.724. The van der Waals surface area contributed by atoms with Gasteiger partial charge in [0, 0.05) is 24.8 Å². The summed E-state index contributed by atoms with van der Waals surface area (Å²) in [6, 6.07) is 8.76. The Bertz CT molecular complexity index is 944. The van der Waals surface area contributed by atoms with Crippen molar-refractivity contribution >= 4 is 17.7 Å². The molecule has 30 heavy (non-hydrogen) atoms. The number of pyridine rings is 1. The minimum absolute atomic E-state index is 0.250.